The van der Waals surface area contributed by atoms with Gasteiger partial charge in [0.05, 0.1) is 0 Å². The van der Waals surface area contributed by atoms with Crippen LogP contribution in [0.5, 0.6) is 0 Å². The van der Waals surface area contributed by atoms with Gasteiger partial charge in [0.25, 0.3) is 0 Å². The monoisotopic (exact) mass is 356 g/mol. The quantitative estimate of drug-likeness (QED) is 0.516. The van der Waals surface area contributed by atoms with Gasteiger partial charge in [0, 0.05) is 13.3 Å². The van der Waals surface area contributed by atoms with Crippen LogP contribution in [0.2, 0.25) is 0 Å². The lowest BCUT2D eigenvalue weighted by atomic mass is 9.47. The Kier molecular flexibility index (Phi) is 4.20. The van der Waals surface area contributed by atoms with Crippen LogP contribution in [-0.4, -0.2) is 17.9 Å². The van der Waals surface area contributed by atoms with Gasteiger partial charge in [-0.3, -0.25) is 9.59 Å². The van der Waals surface area contributed by atoms with Gasteiger partial charge in [-0.2, -0.15) is 0 Å². The summed E-state index contributed by atoms with van der Waals surface area (Å²) in [4.78, 5) is 23.5. The zero-order valence-electron chi connectivity index (χ0n) is 16.6. The summed E-state index contributed by atoms with van der Waals surface area (Å²) >= 11 is 0. The molecule has 4 aliphatic carbocycles. The molecule has 4 rings (SSSR count). The Morgan fingerprint density at radius 2 is 1.73 bits per heavy atom. The SMILES string of the molecule is CC(=O)O[C@@H]1CC[C@]2(C)C(=CC[C@H]3[C@@H]2CC[C@]2(C)C(C(C)=O)=CC[C@@H]32)C1. The standard InChI is InChI=1S/C23H32O3/c1-14(24)19-7-8-20-18-6-5-16-13-17(26-15(2)25)9-11-22(16,3)21(18)10-12-23(19,20)4/h5,7,17-18,20-21H,6,8-13H2,1-4H3/t17-,18-,20+,21+,22-,23-/m1/s1. The fraction of sp³-hybridized carbons (Fsp3) is 0.739. The van der Waals surface area contributed by atoms with E-state index in [4.69, 9.17) is 4.74 Å². The summed E-state index contributed by atoms with van der Waals surface area (Å²) in [5.41, 5.74) is 2.96. The first kappa shape index (κ1) is 18.0. The third-order valence-corrected chi connectivity index (χ3v) is 8.35. The van der Waals surface area contributed by atoms with Gasteiger partial charge in [-0.1, -0.05) is 31.6 Å². The van der Waals surface area contributed by atoms with Gasteiger partial charge in [-0.25, -0.2) is 0 Å². The van der Waals surface area contributed by atoms with Gasteiger partial charge in [0.1, 0.15) is 6.10 Å². The van der Waals surface area contributed by atoms with Crippen LogP contribution in [0.4, 0.5) is 0 Å². The number of carbonyl (C=O) groups is 2. The van der Waals surface area contributed by atoms with Crippen molar-refractivity contribution in [2.75, 3.05) is 0 Å². The molecule has 0 radical (unpaired) electrons. The molecule has 6 atom stereocenters. The molecule has 0 aromatic rings. The molecule has 2 fully saturated rings. The minimum absolute atomic E-state index is 0.0645. The lowest BCUT2D eigenvalue weighted by Crippen LogP contribution is -2.50. The van der Waals surface area contributed by atoms with Crippen LogP contribution >= 0.6 is 0 Å². The summed E-state index contributed by atoms with van der Waals surface area (Å²) < 4.78 is 5.52. The second-order valence-corrected chi connectivity index (χ2v) is 9.60. The van der Waals surface area contributed by atoms with E-state index < -0.39 is 0 Å². The van der Waals surface area contributed by atoms with Crippen LogP contribution in [0.1, 0.15) is 72.6 Å². The summed E-state index contributed by atoms with van der Waals surface area (Å²) in [5, 5.41) is 0. The molecule has 0 N–H and O–H groups in total. The van der Waals surface area contributed by atoms with E-state index in [0.717, 1.165) is 44.1 Å². The highest BCUT2D eigenvalue weighted by Crippen LogP contribution is 2.65. The van der Waals surface area contributed by atoms with Crippen molar-refractivity contribution >= 4 is 11.8 Å². The van der Waals surface area contributed by atoms with E-state index >= 15 is 0 Å². The Hall–Kier alpha value is -1.38. The van der Waals surface area contributed by atoms with E-state index in [1.165, 1.54) is 18.9 Å². The third-order valence-electron chi connectivity index (χ3n) is 8.35. The molecule has 0 bridgehead atoms. The number of esters is 1. The largest absolute Gasteiger partial charge is 0.462 e. The lowest BCUT2D eigenvalue weighted by Gasteiger charge is -2.57. The van der Waals surface area contributed by atoms with Crippen molar-refractivity contribution in [3.8, 4) is 0 Å². The summed E-state index contributed by atoms with van der Waals surface area (Å²) in [6.07, 6.45) is 12.3. The zero-order valence-corrected chi connectivity index (χ0v) is 16.6. The van der Waals surface area contributed by atoms with Gasteiger partial charge >= 0.3 is 5.97 Å². The molecule has 0 aromatic carbocycles. The summed E-state index contributed by atoms with van der Waals surface area (Å²) in [7, 11) is 0. The molecule has 3 heteroatoms. The average molecular weight is 357 g/mol. The highest BCUT2D eigenvalue weighted by molar-refractivity contribution is 5.95. The number of Topliss-reactive ketones (excluding diaryl/α,β-unsaturated/α-hetero) is 1. The molecule has 0 aromatic heterocycles. The number of hydrogen-bond donors (Lipinski definition) is 0. The molecule has 26 heavy (non-hydrogen) atoms. The molecule has 0 saturated heterocycles. The predicted octanol–water partition coefficient (Wildman–Crippen LogP) is 5.01. The number of allylic oxidation sites excluding steroid dienone is 3. The van der Waals surface area contributed by atoms with Crippen molar-refractivity contribution in [3.05, 3.63) is 23.3 Å². The number of rotatable bonds is 2. The van der Waals surface area contributed by atoms with Gasteiger partial charge in [0.15, 0.2) is 5.78 Å². The maximum absolute atomic E-state index is 12.2. The highest BCUT2D eigenvalue weighted by atomic mass is 16.5. The summed E-state index contributed by atoms with van der Waals surface area (Å²) in [5.74, 6) is 2.11. The molecule has 0 spiro atoms. The minimum atomic E-state index is -0.157. The van der Waals surface area contributed by atoms with Gasteiger partial charge < -0.3 is 4.74 Å². The first-order chi connectivity index (χ1) is 12.3. The third kappa shape index (κ3) is 2.53. The number of ether oxygens (including phenoxy) is 1. The Labute approximate surface area is 157 Å². The number of hydrogen-bond acceptors (Lipinski definition) is 3. The van der Waals surface area contributed by atoms with Crippen LogP contribution < -0.4 is 0 Å². The first-order valence-corrected chi connectivity index (χ1v) is 10.3. The number of carbonyl (C=O) groups excluding carboxylic acids is 2. The molecular weight excluding hydrogens is 324 g/mol. The van der Waals surface area contributed by atoms with Crippen molar-refractivity contribution in [2.45, 2.75) is 78.7 Å². The fourth-order valence-corrected chi connectivity index (χ4v) is 7.08. The van der Waals surface area contributed by atoms with Crippen molar-refractivity contribution < 1.29 is 14.3 Å². The molecule has 0 aliphatic heterocycles. The molecule has 2 saturated carbocycles. The van der Waals surface area contributed by atoms with Crippen LogP contribution in [0.25, 0.3) is 0 Å². The van der Waals surface area contributed by atoms with Gasteiger partial charge in [0.2, 0.25) is 0 Å². The van der Waals surface area contributed by atoms with E-state index in [9.17, 15) is 9.59 Å². The lowest BCUT2D eigenvalue weighted by molar-refractivity contribution is -0.148. The van der Waals surface area contributed by atoms with Crippen LogP contribution in [0, 0.1) is 28.6 Å². The van der Waals surface area contributed by atoms with Gasteiger partial charge in [-0.15, -0.1) is 0 Å². The van der Waals surface area contributed by atoms with E-state index in [2.05, 4.69) is 26.0 Å². The van der Waals surface area contributed by atoms with Crippen LogP contribution in [0.3, 0.4) is 0 Å². The molecule has 0 amide bonds. The molecule has 4 aliphatic rings. The van der Waals surface area contributed by atoms with Crippen molar-refractivity contribution in [1.82, 2.24) is 0 Å². The Morgan fingerprint density at radius 1 is 1.00 bits per heavy atom. The van der Waals surface area contributed by atoms with Crippen LogP contribution in [-0.2, 0) is 14.3 Å². The van der Waals surface area contributed by atoms with Crippen molar-refractivity contribution in [1.29, 1.82) is 0 Å². The van der Waals surface area contributed by atoms with E-state index in [1.54, 1.807) is 6.92 Å². The zero-order chi connectivity index (χ0) is 18.7. The minimum Gasteiger partial charge on any atom is -0.462 e. The van der Waals surface area contributed by atoms with E-state index in [1.807, 2.05) is 0 Å². The smallest absolute Gasteiger partial charge is 0.302 e. The van der Waals surface area contributed by atoms with E-state index in [0.29, 0.717) is 17.8 Å². The van der Waals surface area contributed by atoms with Gasteiger partial charge in [-0.05, 0) is 79.6 Å². The molecule has 0 unspecified atom stereocenters. The van der Waals surface area contributed by atoms with Crippen molar-refractivity contribution in [3.63, 3.8) is 0 Å². The maximum atomic E-state index is 12.2. The summed E-state index contributed by atoms with van der Waals surface area (Å²) in [6, 6.07) is 0. The molecular formula is C23H32O3. The molecule has 0 heterocycles. The molecule has 142 valence electrons. The highest BCUT2D eigenvalue weighted by Gasteiger charge is 2.57. The molecule has 3 nitrogen and oxygen atoms in total. The topological polar surface area (TPSA) is 43.4 Å². The van der Waals surface area contributed by atoms with E-state index in [-0.39, 0.29) is 28.7 Å². The maximum Gasteiger partial charge on any atom is 0.302 e. The number of ketones is 1. The normalized spacial score (nSPS) is 44.2. The second kappa shape index (κ2) is 6.07. The Bertz CT molecular complexity index is 702. The van der Waals surface area contributed by atoms with Crippen LogP contribution in [0.15, 0.2) is 23.3 Å². The summed E-state index contributed by atoms with van der Waals surface area (Å²) in [6.45, 7) is 8.05. The fourth-order valence-electron chi connectivity index (χ4n) is 7.08. The average Bonchev–Trinajstić information content (AvgIpc) is 2.92. The Morgan fingerprint density at radius 3 is 2.42 bits per heavy atom. The predicted molar refractivity (Wildman–Crippen MR) is 101 cm³/mol. The van der Waals surface area contributed by atoms with Crippen molar-refractivity contribution in [2.24, 2.45) is 28.6 Å². The second-order valence-electron chi connectivity index (χ2n) is 9.60. The number of fused-ring (bicyclic) bond motifs is 5. The first-order valence-electron chi connectivity index (χ1n) is 10.3. The Balaban J connectivity index is 1.59.